The molecule has 15 heteroatoms. The summed E-state index contributed by atoms with van der Waals surface area (Å²) in [6.07, 6.45) is 0. The topological polar surface area (TPSA) is 159 Å². The van der Waals surface area contributed by atoms with Crippen LogP contribution in [0.4, 0.5) is 5.00 Å². The third kappa shape index (κ3) is 8.33. The van der Waals surface area contributed by atoms with Gasteiger partial charge in [0.05, 0.1) is 35.6 Å². The van der Waals surface area contributed by atoms with Gasteiger partial charge in [0.15, 0.2) is 14.6 Å². The number of thiazole rings is 1. The fraction of sp³-hybridized carbons (Fsp3) is 0.444. The van der Waals surface area contributed by atoms with E-state index < -0.39 is 45.1 Å². The Kier molecular flexibility index (Phi) is 11.6. The van der Waals surface area contributed by atoms with Gasteiger partial charge in [-0.15, -0.1) is 11.3 Å². The number of amides is 2. The predicted octanol–water partition coefficient (Wildman–Crippen LogP) is 3.25. The molecule has 0 unspecified atom stereocenters. The minimum absolute atomic E-state index is 0.0429. The fourth-order valence-electron chi connectivity index (χ4n) is 3.96. The summed E-state index contributed by atoms with van der Waals surface area (Å²) in [6, 6.07) is 5.78. The van der Waals surface area contributed by atoms with Crippen LogP contribution in [0.1, 0.15) is 51.9 Å². The average Bonchev–Trinajstić information content (AvgIpc) is 3.39. The number of sulfone groups is 1. The number of aromatic nitrogens is 1. The number of rotatable bonds is 13. The molecular weight excluding hydrogens is 607 g/mol. The maximum atomic E-state index is 12.8. The Morgan fingerprint density at radius 2 is 1.64 bits per heavy atom. The van der Waals surface area contributed by atoms with E-state index in [4.69, 9.17) is 14.2 Å². The first-order valence-corrected chi connectivity index (χ1v) is 16.6. The molecule has 0 radical (unpaired) electrons. The summed E-state index contributed by atoms with van der Waals surface area (Å²) < 4.78 is 43.8. The minimum atomic E-state index is -4.25. The monoisotopic (exact) mass is 639 g/mol. The lowest BCUT2D eigenvalue weighted by molar-refractivity contribution is -0.115. The lowest BCUT2D eigenvalue weighted by Gasteiger charge is -2.07. The molecule has 0 spiro atoms. The lowest BCUT2D eigenvalue weighted by atomic mass is 10.1. The lowest BCUT2D eigenvalue weighted by Crippen LogP contribution is -2.28. The SMILES string of the molecule is CCOCCn1c(=NC(=O)CS(=O)(=O)CC(=O)Nc2sc(C(=O)OCC)c(C)c2C(=O)OCC)sc2cc(C)ccc21. The summed E-state index contributed by atoms with van der Waals surface area (Å²) in [5, 5.41) is 2.33. The number of hydrogen-bond donors (Lipinski definition) is 1. The van der Waals surface area contributed by atoms with E-state index in [-0.39, 0.29) is 34.2 Å². The highest BCUT2D eigenvalue weighted by atomic mass is 32.2. The third-order valence-electron chi connectivity index (χ3n) is 5.76. The van der Waals surface area contributed by atoms with Crippen LogP contribution in [0, 0.1) is 13.8 Å². The molecule has 2 amide bonds. The standard InChI is InChI=1S/C27H33N3O9S3/c1-6-37-12-11-30-18-10-9-16(4)13-19(18)40-27(30)29-21(32)15-42(35,36)14-20(31)28-24-22(25(33)38-7-2)17(5)23(41-24)26(34)39-8-3/h9-10,13H,6-8,11-12,14-15H2,1-5H3,(H,28,31). The Morgan fingerprint density at radius 1 is 0.952 bits per heavy atom. The van der Waals surface area contributed by atoms with E-state index >= 15 is 0 Å². The smallest absolute Gasteiger partial charge is 0.348 e. The van der Waals surface area contributed by atoms with Gasteiger partial charge in [-0.3, -0.25) is 9.59 Å². The van der Waals surface area contributed by atoms with Crippen molar-refractivity contribution in [3.63, 3.8) is 0 Å². The molecule has 0 aliphatic carbocycles. The van der Waals surface area contributed by atoms with Crippen LogP contribution in [-0.2, 0) is 40.2 Å². The Labute approximate surface area is 251 Å². The third-order valence-corrected chi connectivity index (χ3v) is 9.37. The molecule has 0 atom stereocenters. The molecule has 1 aromatic carbocycles. The van der Waals surface area contributed by atoms with Gasteiger partial charge in [-0.2, -0.15) is 4.99 Å². The molecular formula is C27H33N3O9S3. The number of anilines is 1. The number of ether oxygens (including phenoxy) is 3. The number of nitrogens with one attached hydrogen (secondary N) is 1. The highest BCUT2D eigenvalue weighted by molar-refractivity contribution is 7.92. The van der Waals surface area contributed by atoms with Gasteiger partial charge in [0.25, 0.3) is 5.91 Å². The second-order valence-electron chi connectivity index (χ2n) is 8.99. The van der Waals surface area contributed by atoms with E-state index in [0.717, 1.165) is 27.1 Å². The summed E-state index contributed by atoms with van der Waals surface area (Å²) in [5.41, 5.74) is 2.03. The van der Waals surface area contributed by atoms with Crippen LogP contribution in [0.15, 0.2) is 23.2 Å². The van der Waals surface area contributed by atoms with E-state index in [1.807, 2.05) is 32.0 Å². The quantitative estimate of drug-likeness (QED) is 0.219. The minimum Gasteiger partial charge on any atom is -0.462 e. The molecule has 228 valence electrons. The van der Waals surface area contributed by atoms with Crippen molar-refractivity contribution in [1.29, 1.82) is 0 Å². The molecule has 12 nitrogen and oxygen atoms in total. The van der Waals surface area contributed by atoms with Crippen molar-refractivity contribution in [3.05, 3.63) is 44.6 Å². The van der Waals surface area contributed by atoms with Crippen molar-refractivity contribution in [2.75, 3.05) is 43.3 Å². The van der Waals surface area contributed by atoms with Crippen LogP contribution >= 0.6 is 22.7 Å². The molecule has 0 aliphatic rings. The van der Waals surface area contributed by atoms with E-state index in [0.29, 0.717) is 24.6 Å². The summed E-state index contributed by atoms with van der Waals surface area (Å²) in [7, 11) is -4.25. The normalized spacial score (nSPS) is 12.0. The van der Waals surface area contributed by atoms with Crippen LogP contribution in [0.3, 0.4) is 0 Å². The number of hydrogen-bond acceptors (Lipinski definition) is 11. The summed E-state index contributed by atoms with van der Waals surface area (Å²) in [5.74, 6) is -5.44. The zero-order valence-corrected chi connectivity index (χ0v) is 26.4. The molecule has 0 bridgehead atoms. The largest absolute Gasteiger partial charge is 0.462 e. The fourth-order valence-corrected chi connectivity index (χ4v) is 7.26. The van der Waals surface area contributed by atoms with Crippen molar-refractivity contribution in [2.45, 2.75) is 41.2 Å². The molecule has 2 aromatic heterocycles. The summed E-state index contributed by atoms with van der Waals surface area (Å²) in [4.78, 5) is 54.9. The molecule has 3 rings (SSSR count). The van der Waals surface area contributed by atoms with E-state index in [1.54, 1.807) is 18.4 Å². The van der Waals surface area contributed by atoms with Gasteiger partial charge < -0.3 is 24.1 Å². The Hall–Kier alpha value is -3.40. The van der Waals surface area contributed by atoms with Crippen molar-refractivity contribution >= 4 is 71.5 Å². The van der Waals surface area contributed by atoms with Gasteiger partial charge in [0.1, 0.15) is 21.4 Å². The van der Waals surface area contributed by atoms with Gasteiger partial charge in [-0.25, -0.2) is 18.0 Å². The number of fused-ring (bicyclic) bond motifs is 1. The predicted molar refractivity (Wildman–Crippen MR) is 160 cm³/mol. The van der Waals surface area contributed by atoms with Gasteiger partial charge in [0.2, 0.25) is 5.91 Å². The van der Waals surface area contributed by atoms with Gasteiger partial charge in [-0.05, 0) is 57.9 Å². The average molecular weight is 640 g/mol. The Balaban J connectivity index is 1.81. The number of thiophene rings is 1. The van der Waals surface area contributed by atoms with Crippen molar-refractivity contribution < 1.29 is 41.8 Å². The molecule has 3 aromatic rings. The molecule has 0 fully saturated rings. The number of aryl methyl sites for hydroxylation is 1. The Morgan fingerprint density at radius 3 is 2.31 bits per heavy atom. The first-order valence-electron chi connectivity index (χ1n) is 13.1. The second-order valence-corrected chi connectivity index (χ2v) is 13.1. The van der Waals surface area contributed by atoms with Crippen molar-refractivity contribution in [3.8, 4) is 0 Å². The van der Waals surface area contributed by atoms with E-state index in [2.05, 4.69) is 10.3 Å². The number of carbonyl (C=O) groups excluding carboxylic acids is 4. The molecule has 0 saturated heterocycles. The highest BCUT2D eigenvalue weighted by Crippen LogP contribution is 2.34. The number of benzene rings is 1. The zero-order chi connectivity index (χ0) is 31.0. The van der Waals surface area contributed by atoms with Gasteiger partial charge in [-0.1, -0.05) is 17.4 Å². The molecule has 1 N–H and O–H groups in total. The number of carbonyl (C=O) groups is 4. The van der Waals surface area contributed by atoms with Crippen LogP contribution in [0.2, 0.25) is 0 Å². The number of nitrogens with zero attached hydrogens (tertiary/aromatic N) is 2. The molecule has 0 aliphatic heterocycles. The van der Waals surface area contributed by atoms with Crippen LogP contribution in [0.25, 0.3) is 10.2 Å². The summed E-state index contributed by atoms with van der Waals surface area (Å²) >= 11 is 2.02. The van der Waals surface area contributed by atoms with Crippen LogP contribution in [0.5, 0.6) is 0 Å². The van der Waals surface area contributed by atoms with Gasteiger partial charge >= 0.3 is 11.9 Å². The Bertz CT molecular complexity index is 1670. The first-order chi connectivity index (χ1) is 19.9. The number of esters is 2. The maximum Gasteiger partial charge on any atom is 0.348 e. The molecule has 0 saturated carbocycles. The van der Waals surface area contributed by atoms with Gasteiger partial charge in [0, 0.05) is 13.2 Å². The van der Waals surface area contributed by atoms with Crippen molar-refractivity contribution in [1.82, 2.24) is 4.57 Å². The first kappa shape index (κ1) is 33.1. The second kappa shape index (κ2) is 14.7. The maximum absolute atomic E-state index is 12.8. The van der Waals surface area contributed by atoms with Crippen LogP contribution < -0.4 is 10.1 Å². The zero-order valence-electron chi connectivity index (χ0n) is 24.0. The summed E-state index contributed by atoms with van der Waals surface area (Å²) in [6.45, 7) is 9.97. The van der Waals surface area contributed by atoms with E-state index in [9.17, 15) is 27.6 Å². The van der Waals surface area contributed by atoms with Crippen LogP contribution in [-0.4, -0.2) is 74.7 Å². The highest BCUT2D eigenvalue weighted by Gasteiger charge is 2.29. The molecule has 2 heterocycles. The van der Waals surface area contributed by atoms with Crippen molar-refractivity contribution in [2.24, 2.45) is 4.99 Å². The molecule has 42 heavy (non-hydrogen) atoms. The van der Waals surface area contributed by atoms with E-state index in [1.165, 1.54) is 18.3 Å².